The van der Waals surface area contributed by atoms with E-state index in [1.54, 1.807) is 0 Å². The van der Waals surface area contributed by atoms with Gasteiger partial charge in [0.2, 0.25) is 0 Å². The molecular weight excluding hydrogens is 198 g/mol. The average Bonchev–Trinajstić information content (AvgIpc) is 2.29. The Labute approximate surface area is 97.5 Å². The van der Waals surface area contributed by atoms with Gasteiger partial charge in [0.15, 0.2) is 0 Å². The summed E-state index contributed by atoms with van der Waals surface area (Å²) in [6.07, 6.45) is 6.83. The summed E-state index contributed by atoms with van der Waals surface area (Å²) in [4.78, 5) is 9.23. The summed E-state index contributed by atoms with van der Waals surface area (Å²) < 4.78 is 0. The normalized spacial score (nSPS) is 16.9. The van der Waals surface area contributed by atoms with E-state index in [4.69, 9.17) is 5.73 Å². The van der Waals surface area contributed by atoms with Crippen LogP contribution in [0, 0.1) is 6.92 Å². The lowest BCUT2D eigenvalue weighted by Gasteiger charge is -2.19. The molecule has 0 bridgehead atoms. The highest BCUT2D eigenvalue weighted by molar-refractivity contribution is 5.28. The summed E-state index contributed by atoms with van der Waals surface area (Å²) in [5.74, 6) is 0.847. The molecule has 1 unspecified atom stereocenters. The van der Waals surface area contributed by atoms with E-state index in [9.17, 15) is 0 Å². The molecule has 0 aromatic carbocycles. The van der Waals surface area contributed by atoms with Crippen LogP contribution in [-0.4, -0.2) is 9.97 Å². The molecular formula is C13H21N3. The van der Waals surface area contributed by atoms with E-state index in [2.05, 4.69) is 23.8 Å². The number of aromatic nitrogens is 2. The molecule has 0 aliphatic heterocycles. The highest BCUT2D eigenvalue weighted by Gasteiger charge is 2.17. The van der Waals surface area contributed by atoms with Crippen LogP contribution in [0.4, 0.5) is 0 Å². The summed E-state index contributed by atoms with van der Waals surface area (Å²) in [5.41, 5.74) is 9.85. The van der Waals surface area contributed by atoms with Crippen LogP contribution in [0.25, 0.3) is 0 Å². The van der Waals surface area contributed by atoms with E-state index in [1.165, 1.54) is 24.1 Å². The molecule has 0 fully saturated rings. The molecule has 2 rings (SSSR count). The highest BCUT2D eigenvalue weighted by atomic mass is 14.9. The van der Waals surface area contributed by atoms with E-state index in [1.807, 2.05) is 0 Å². The predicted molar refractivity (Wildman–Crippen MR) is 65.2 cm³/mol. The Balaban J connectivity index is 2.31. The zero-order chi connectivity index (χ0) is 11.5. The van der Waals surface area contributed by atoms with Gasteiger partial charge in [-0.2, -0.15) is 0 Å². The number of hydrogen-bond acceptors (Lipinski definition) is 3. The van der Waals surface area contributed by atoms with Crippen LogP contribution < -0.4 is 5.73 Å². The van der Waals surface area contributed by atoms with Gasteiger partial charge >= 0.3 is 0 Å². The van der Waals surface area contributed by atoms with Crippen molar-refractivity contribution in [3.63, 3.8) is 0 Å². The minimum absolute atomic E-state index is 0.0101. The first-order valence-corrected chi connectivity index (χ1v) is 6.34. The van der Waals surface area contributed by atoms with Crippen molar-refractivity contribution in [3.8, 4) is 0 Å². The van der Waals surface area contributed by atoms with Crippen molar-refractivity contribution in [2.45, 2.75) is 58.4 Å². The van der Waals surface area contributed by atoms with Crippen LogP contribution in [0.2, 0.25) is 0 Å². The third-order valence-electron chi connectivity index (χ3n) is 3.34. The van der Waals surface area contributed by atoms with Crippen LogP contribution in [-0.2, 0) is 12.8 Å². The Kier molecular flexibility index (Phi) is 3.54. The summed E-state index contributed by atoms with van der Waals surface area (Å²) >= 11 is 0. The molecule has 2 N–H and O–H groups in total. The van der Waals surface area contributed by atoms with Crippen LogP contribution in [0.1, 0.15) is 61.4 Å². The van der Waals surface area contributed by atoms with Crippen molar-refractivity contribution >= 4 is 0 Å². The van der Waals surface area contributed by atoms with E-state index < -0.39 is 0 Å². The third-order valence-corrected chi connectivity index (χ3v) is 3.34. The van der Waals surface area contributed by atoms with Crippen molar-refractivity contribution in [1.82, 2.24) is 9.97 Å². The summed E-state index contributed by atoms with van der Waals surface area (Å²) in [6.45, 7) is 4.24. The Morgan fingerprint density at radius 3 is 2.75 bits per heavy atom. The standard InChI is InChI=1S/C13H21N3/c1-3-6-11(14)13-15-9(2)10-7-4-5-8-12(10)16-13/h11H,3-8,14H2,1-2H3. The van der Waals surface area contributed by atoms with Gasteiger partial charge in [0.1, 0.15) is 5.82 Å². The van der Waals surface area contributed by atoms with E-state index >= 15 is 0 Å². The Hall–Kier alpha value is -0.960. The molecule has 0 saturated heterocycles. The van der Waals surface area contributed by atoms with Gasteiger partial charge in [0.25, 0.3) is 0 Å². The number of aryl methyl sites for hydroxylation is 2. The molecule has 1 heterocycles. The lowest BCUT2D eigenvalue weighted by Crippen LogP contribution is -2.18. The molecule has 0 saturated carbocycles. The quantitative estimate of drug-likeness (QED) is 0.849. The van der Waals surface area contributed by atoms with Crippen molar-refractivity contribution in [1.29, 1.82) is 0 Å². The van der Waals surface area contributed by atoms with Crippen molar-refractivity contribution in [3.05, 3.63) is 22.8 Å². The third kappa shape index (κ3) is 2.24. The molecule has 1 atom stereocenters. The number of fused-ring (bicyclic) bond motifs is 1. The van der Waals surface area contributed by atoms with E-state index in [0.717, 1.165) is 37.2 Å². The first-order valence-electron chi connectivity index (χ1n) is 6.34. The second-order valence-corrected chi connectivity index (χ2v) is 4.69. The minimum Gasteiger partial charge on any atom is -0.321 e. The van der Waals surface area contributed by atoms with Gasteiger partial charge in [0.05, 0.1) is 6.04 Å². The monoisotopic (exact) mass is 219 g/mol. The van der Waals surface area contributed by atoms with E-state index in [-0.39, 0.29) is 6.04 Å². The second-order valence-electron chi connectivity index (χ2n) is 4.69. The van der Waals surface area contributed by atoms with Gasteiger partial charge < -0.3 is 5.73 Å². The van der Waals surface area contributed by atoms with Gasteiger partial charge in [-0.1, -0.05) is 13.3 Å². The van der Waals surface area contributed by atoms with Gasteiger partial charge in [-0.15, -0.1) is 0 Å². The average molecular weight is 219 g/mol. The molecule has 1 aliphatic rings. The molecule has 0 radical (unpaired) electrons. The fourth-order valence-electron chi connectivity index (χ4n) is 2.41. The van der Waals surface area contributed by atoms with Crippen LogP contribution in [0.15, 0.2) is 0 Å². The Morgan fingerprint density at radius 1 is 1.25 bits per heavy atom. The SMILES string of the molecule is CCCC(N)c1nc(C)c2c(n1)CCCC2. The van der Waals surface area contributed by atoms with Crippen LogP contribution in [0.5, 0.6) is 0 Å². The van der Waals surface area contributed by atoms with Gasteiger partial charge in [0, 0.05) is 11.4 Å². The lowest BCUT2D eigenvalue weighted by atomic mass is 9.94. The number of nitrogens with zero attached hydrogens (tertiary/aromatic N) is 2. The number of nitrogens with two attached hydrogens (primary N) is 1. The first-order chi connectivity index (χ1) is 7.72. The number of rotatable bonds is 3. The number of hydrogen-bond donors (Lipinski definition) is 1. The zero-order valence-corrected chi connectivity index (χ0v) is 10.3. The Bertz CT molecular complexity index is 374. The second kappa shape index (κ2) is 4.91. The highest BCUT2D eigenvalue weighted by Crippen LogP contribution is 2.23. The maximum atomic E-state index is 6.08. The fraction of sp³-hybridized carbons (Fsp3) is 0.692. The van der Waals surface area contributed by atoms with Gasteiger partial charge in [-0.05, 0) is 44.6 Å². The molecule has 3 heteroatoms. The molecule has 1 aliphatic carbocycles. The Morgan fingerprint density at radius 2 is 2.00 bits per heavy atom. The first kappa shape index (κ1) is 11.5. The predicted octanol–water partition coefficient (Wildman–Crippen LogP) is 2.46. The van der Waals surface area contributed by atoms with Gasteiger partial charge in [-0.3, -0.25) is 0 Å². The fourth-order valence-corrected chi connectivity index (χ4v) is 2.41. The van der Waals surface area contributed by atoms with Crippen LogP contribution >= 0.6 is 0 Å². The van der Waals surface area contributed by atoms with Crippen LogP contribution in [0.3, 0.4) is 0 Å². The molecule has 88 valence electrons. The summed E-state index contributed by atoms with van der Waals surface area (Å²) in [6, 6.07) is 0.0101. The van der Waals surface area contributed by atoms with Crippen molar-refractivity contribution in [2.24, 2.45) is 5.73 Å². The summed E-state index contributed by atoms with van der Waals surface area (Å²) in [5, 5.41) is 0. The molecule has 16 heavy (non-hydrogen) atoms. The minimum atomic E-state index is 0.0101. The lowest BCUT2D eigenvalue weighted by molar-refractivity contribution is 0.578. The maximum absolute atomic E-state index is 6.08. The van der Waals surface area contributed by atoms with Gasteiger partial charge in [-0.25, -0.2) is 9.97 Å². The topological polar surface area (TPSA) is 51.8 Å². The zero-order valence-electron chi connectivity index (χ0n) is 10.3. The smallest absolute Gasteiger partial charge is 0.145 e. The molecule has 1 aromatic heterocycles. The molecule has 0 amide bonds. The van der Waals surface area contributed by atoms with Crippen molar-refractivity contribution < 1.29 is 0 Å². The van der Waals surface area contributed by atoms with E-state index in [0.29, 0.717) is 0 Å². The molecule has 0 spiro atoms. The maximum Gasteiger partial charge on any atom is 0.145 e. The molecule has 1 aromatic rings. The largest absolute Gasteiger partial charge is 0.321 e. The van der Waals surface area contributed by atoms with Crippen molar-refractivity contribution in [2.75, 3.05) is 0 Å². The molecule has 3 nitrogen and oxygen atoms in total. The summed E-state index contributed by atoms with van der Waals surface area (Å²) in [7, 11) is 0.